The van der Waals surface area contributed by atoms with Gasteiger partial charge in [-0.15, -0.1) is 6.58 Å². The first-order valence-electron chi connectivity index (χ1n) is 5.91. The zero-order chi connectivity index (χ0) is 11.5. The molecule has 0 spiro atoms. The van der Waals surface area contributed by atoms with E-state index in [-0.39, 0.29) is 17.9 Å². The molecule has 0 aromatic carbocycles. The second-order valence-corrected chi connectivity index (χ2v) is 4.54. The Hall–Kier alpha value is -1.32. The predicted molar refractivity (Wildman–Crippen MR) is 60.7 cm³/mol. The average molecular weight is 222 g/mol. The number of hydrogen-bond donors (Lipinski definition) is 1. The van der Waals surface area contributed by atoms with E-state index in [1.807, 2.05) is 0 Å². The number of hydrogen-bond acceptors (Lipinski definition) is 2. The molecule has 88 valence electrons. The summed E-state index contributed by atoms with van der Waals surface area (Å²) in [5, 5.41) is 2.84. The number of carbonyl (C=O) groups is 2. The standard InChI is InChI=1S/C12H18N2O2/c1-2-3-7-14-8-6-10(15)13-11(12(14)16)9-4-5-9/h2,9,11H,1,3-8H2,(H,13,15). The molecule has 4 heteroatoms. The molecule has 1 atom stereocenters. The molecule has 16 heavy (non-hydrogen) atoms. The van der Waals surface area contributed by atoms with E-state index in [4.69, 9.17) is 0 Å². The van der Waals surface area contributed by atoms with E-state index in [2.05, 4.69) is 11.9 Å². The quantitative estimate of drug-likeness (QED) is 0.711. The summed E-state index contributed by atoms with van der Waals surface area (Å²) < 4.78 is 0. The summed E-state index contributed by atoms with van der Waals surface area (Å²) in [6.45, 7) is 4.88. The Bertz CT molecular complexity index is 310. The number of nitrogens with zero attached hydrogens (tertiary/aromatic N) is 1. The summed E-state index contributed by atoms with van der Waals surface area (Å²) in [7, 11) is 0. The van der Waals surface area contributed by atoms with Crippen molar-refractivity contribution in [1.29, 1.82) is 0 Å². The monoisotopic (exact) mass is 222 g/mol. The molecule has 1 N–H and O–H groups in total. The van der Waals surface area contributed by atoms with E-state index >= 15 is 0 Å². The van der Waals surface area contributed by atoms with Crippen molar-refractivity contribution in [3.05, 3.63) is 12.7 Å². The van der Waals surface area contributed by atoms with Crippen LogP contribution in [0.5, 0.6) is 0 Å². The van der Waals surface area contributed by atoms with Gasteiger partial charge >= 0.3 is 0 Å². The van der Waals surface area contributed by atoms with Crippen LogP contribution in [0.25, 0.3) is 0 Å². The van der Waals surface area contributed by atoms with E-state index in [1.165, 1.54) is 0 Å². The summed E-state index contributed by atoms with van der Waals surface area (Å²) in [5.41, 5.74) is 0. The summed E-state index contributed by atoms with van der Waals surface area (Å²) in [5.74, 6) is 0.474. The molecule has 1 saturated heterocycles. The van der Waals surface area contributed by atoms with Crippen molar-refractivity contribution in [3.63, 3.8) is 0 Å². The molecule has 1 heterocycles. The summed E-state index contributed by atoms with van der Waals surface area (Å²) >= 11 is 0. The molecule has 1 aliphatic carbocycles. The van der Waals surface area contributed by atoms with Gasteiger partial charge in [-0.2, -0.15) is 0 Å². The van der Waals surface area contributed by atoms with Gasteiger partial charge in [0.25, 0.3) is 0 Å². The zero-order valence-electron chi connectivity index (χ0n) is 9.45. The molecule has 0 radical (unpaired) electrons. The minimum absolute atomic E-state index is 0.00588. The van der Waals surface area contributed by atoms with E-state index in [1.54, 1.807) is 11.0 Å². The van der Waals surface area contributed by atoms with Crippen molar-refractivity contribution in [3.8, 4) is 0 Å². The minimum atomic E-state index is -0.264. The Labute approximate surface area is 95.7 Å². The van der Waals surface area contributed by atoms with Crippen LogP contribution in [0.1, 0.15) is 25.7 Å². The second kappa shape index (κ2) is 4.68. The van der Waals surface area contributed by atoms with Crippen molar-refractivity contribution >= 4 is 11.8 Å². The molecule has 0 aromatic heterocycles. The van der Waals surface area contributed by atoms with Gasteiger partial charge in [-0.25, -0.2) is 0 Å². The maximum Gasteiger partial charge on any atom is 0.245 e. The van der Waals surface area contributed by atoms with Crippen LogP contribution in [0.2, 0.25) is 0 Å². The maximum atomic E-state index is 12.2. The number of amides is 2. The topological polar surface area (TPSA) is 49.4 Å². The lowest BCUT2D eigenvalue weighted by Crippen LogP contribution is -2.46. The molecule has 1 unspecified atom stereocenters. The van der Waals surface area contributed by atoms with Crippen molar-refractivity contribution in [2.75, 3.05) is 13.1 Å². The maximum absolute atomic E-state index is 12.2. The van der Waals surface area contributed by atoms with Crippen LogP contribution in [-0.2, 0) is 9.59 Å². The molecule has 0 aromatic rings. The van der Waals surface area contributed by atoms with Gasteiger partial charge in [0.2, 0.25) is 11.8 Å². The number of carbonyl (C=O) groups excluding carboxylic acids is 2. The summed E-state index contributed by atoms with van der Waals surface area (Å²) in [6.07, 6.45) is 5.14. The lowest BCUT2D eigenvalue weighted by atomic mass is 10.1. The van der Waals surface area contributed by atoms with Crippen molar-refractivity contribution in [2.45, 2.75) is 31.7 Å². The molecule has 2 rings (SSSR count). The lowest BCUT2D eigenvalue weighted by Gasteiger charge is -2.23. The van der Waals surface area contributed by atoms with E-state index in [0.29, 0.717) is 25.4 Å². The van der Waals surface area contributed by atoms with Gasteiger partial charge in [-0.1, -0.05) is 6.08 Å². The van der Waals surface area contributed by atoms with Gasteiger partial charge in [0.1, 0.15) is 6.04 Å². The normalized spacial score (nSPS) is 26.2. The first-order chi connectivity index (χ1) is 7.72. The van der Waals surface area contributed by atoms with Gasteiger partial charge in [-0.05, 0) is 25.2 Å². The fraction of sp³-hybridized carbons (Fsp3) is 0.667. The molecule has 0 bridgehead atoms. The molecular weight excluding hydrogens is 204 g/mol. The smallest absolute Gasteiger partial charge is 0.245 e. The van der Waals surface area contributed by atoms with E-state index in [0.717, 1.165) is 19.3 Å². The first kappa shape index (κ1) is 11.2. The number of nitrogens with one attached hydrogen (secondary N) is 1. The first-order valence-corrected chi connectivity index (χ1v) is 5.91. The van der Waals surface area contributed by atoms with Gasteiger partial charge in [0.15, 0.2) is 0 Å². The van der Waals surface area contributed by atoms with Crippen LogP contribution in [0.4, 0.5) is 0 Å². The highest BCUT2D eigenvalue weighted by Gasteiger charge is 2.40. The van der Waals surface area contributed by atoms with Gasteiger partial charge < -0.3 is 10.2 Å². The highest BCUT2D eigenvalue weighted by atomic mass is 16.2. The number of rotatable bonds is 4. The van der Waals surface area contributed by atoms with Crippen LogP contribution in [0, 0.1) is 5.92 Å². The third-order valence-corrected chi connectivity index (χ3v) is 3.20. The molecule has 1 saturated carbocycles. The highest BCUT2D eigenvalue weighted by Crippen LogP contribution is 2.34. The Morgan fingerprint density at radius 2 is 2.19 bits per heavy atom. The third-order valence-electron chi connectivity index (χ3n) is 3.20. The SMILES string of the molecule is C=CCCN1CCC(=O)NC(C2CC2)C1=O. The van der Waals surface area contributed by atoms with Gasteiger partial charge in [0.05, 0.1) is 0 Å². The van der Waals surface area contributed by atoms with Crippen LogP contribution >= 0.6 is 0 Å². The summed E-state index contributed by atoms with van der Waals surface area (Å²) in [6, 6.07) is -0.264. The van der Waals surface area contributed by atoms with Gasteiger partial charge in [0, 0.05) is 19.5 Å². The Morgan fingerprint density at radius 1 is 1.44 bits per heavy atom. The van der Waals surface area contributed by atoms with Crippen molar-refractivity contribution in [2.24, 2.45) is 5.92 Å². The Kier molecular flexibility index (Phi) is 3.27. The van der Waals surface area contributed by atoms with Crippen LogP contribution in [0.15, 0.2) is 12.7 Å². The van der Waals surface area contributed by atoms with E-state index < -0.39 is 0 Å². The molecule has 2 aliphatic rings. The Morgan fingerprint density at radius 3 is 2.81 bits per heavy atom. The van der Waals surface area contributed by atoms with Crippen molar-refractivity contribution < 1.29 is 9.59 Å². The van der Waals surface area contributed by atoms with Crippen LogP contribution in [0.3, 0.4) is 0 Å². The predicted octanol–water partition coefficient (Wildman–Crippen LogP) is 0.690. The highest BCUT2D eigenvalue weighted by molar-refractivity contribution is 5.90. The fourth-order valence-electron chi connectivity index (χ4n) is 2.07. The zero-order valence-corrected chi connectivity index (χ0v) is 9.45. The molecule has 2 amide bonds. The van der Waals surface area contributed by atoms with Crippen LogP contribution in [-0.4, -0.2) is 35.8 Å². The second-order valence-electron chi connectivity index (χ2n) is 4.54. The average Bonchev–Trinajstić information content (AvgIpc) is 3.08. The largest absolute Gasteiger partial charge is 0.344 e. The fourth-order valence-corrected chi connectivity index (χ4v) is 2.07. The molecule has 4 nitrogen and oxygen atoms in total. The lowest BCUT2D eigenvalue weighted by molar-refractivity contribution is -0.134. The molecule has 1 aliphatic heterocycles. The minimum Gasteiger partial charge on any atom is -0.344 e. The summed E-state index contributed by atoms with van der Waals surface area (Å²) in [4.78, 5) is 25.4. The molecule has 2 fully saturated rings. The molecular formula is C12H18N2O2. The Balaban J connectivity index is 2.03. The van der Waals surface area contributed by atoms with Crippen LogP contribution < -0.4 is 5.32 Å². The third kappa shape index (κ3) is 2.43. The van der Waals surface area contributed by atoms with E-state index in [9.17, 15) is 9.59 Å². The van der Waals surface area contributed by atoms with Crippen molar-refractivity contribution in [1.82, 2.24) is 10.2 Å². The van der Waals surface area contributed by atoms with Gasteiger partial charge in [-0.3, -0.25) is 9.59 Å².